The van der Waals surface area contributed by atoms with E-state index in [0.717, 1.165) is 18.2 Å². The fourth-order valence-corrected chi connectivity index (χ4v) is 1.23. The van der Waals surface area contributed by atoms with Gasteiger partial charge in [-0.2, -0.15) is 0 Å². The summed E-state index contributed by atoms with van der Waals surface area (Å²) < 4.78 is 25.4. The summed E-state index contributed by atoms with van der Waals surface area (Å²) >= 11 is 0. The summed E-state index contributed by atoms with van der Waals surface area (Å²) in [6.07, 6.45) is -0.571. The monoisotopic (exact) mass is 216 g/mol. The summed E-state index contributed by atoms with van der Waals surface area (Å²) in [4.78, 5) is 10.4. The zero-order chi connectivity index (χ0) is 11.6. The third-order valence-corrected chi connectivity index (χ3v) is 2.04. The highest BCUT2D eigenvalue weighted by Gasteiger charge is 2.27. The predicted octanol–water partition coefficient (Wildman–Crippen LogP) is 1.65. The van der Waals surface area contributed by atoms with Crippen molar-refractivity contribution in [2.45, 2.75) is 18.9 Å². The standard InChI is InChI=1S/C10H10F2O3/c1-10(15,5-9(13)14)6-2-3-7(11)8(12)4-6/h2-4,15H,5H2,1H3,(H,13,14). The molecule has 0 radical (unpaired) electrons. The SMILES string of the molecule is CC(O)(CC(=O)O)c1ccc(F)c(F)c1. The third-order valence-electron chi connectivity index (χ3n) is 2.04. The van der Waals surface area contributed by atoms with Crippen LogP contribution in [0, 0.1) is 11.6 Å². The molecule has 0 aliphatic heterocycles. The number of hydrogen-bond acceptors (Lipinski definition) is 2. The highest BCUT2D eigenvalue weighted by molar-refractivity contribution is 5.68. The summed E-state index contributed by atoms with van der Waals surface area (Å²) in [6, 6.07) is 2.79. The second-order valence-corrected chi connectivity index (χ2v) is 3.47. The maximum Gasteiger partial charge on any atom is 0.306 e. The van der Waals surface area contributed by atoms with Crippen molar-refractivity contribution in [1.82, 2.24) is 0 Å². The van der Waals surface area contributed by atoms with Gasteiger partial charge in [0.25, 0.3) is 0 Å². The van der Waals surface area contributed by atoms with Crippen LogP contribution < -0.4 is 0 Å². The van der Waals surface area contributed by atoms with Crippen LogP contribution in [0.25, 0.3) is 0 Å². The normalized spacial score (nSPS) is 14.7. The van der Waals surface area contributed by atoms with Gasteiger partial charge < -0.3 is 10.2 Å². The first kappa shape index (κ1) is 11.6. The number of halogens is 2. The van der Waals surface area contributed by atoms with Crippen LogP contribution in [-0.4, -0.2) is 16.2 Å². The van der Waals surface area contributed by atoms with Gasteiger partial charge in [-0.3, -0.25) is 4.79 Å². The molecule has 0 aromatic heterocycles. The molecule has 0 amide bonds. The molecule has 82 valence electrons. The first-order chi connectivity index (χ1) is 6.83. The Labute approximate surface area is 85.0 Å². The van der Waals surface area contributed by atoms with Crippen molar-refractivity contribution in [1.29, 1.82) is 0 Å². The second-order valence-electron chi connectivity index (χ2n) is 3.47. The molecule has 3 nitrogen and oxygen atoms in total. The number of carboxylic acid groups (broad SMARTS) is 1. The Hall–Kier alpha value is -1.49. The zero-order valence-corrected chi connectivity index (χ0v) is 8.00. The zero-order valence-electron chi connectivity index (χ0n) is 8.00. The molecule has 1 unspecified atom stereocenters. The van der Waals surface area contributed by atoms with E-state index in [-0.39, 0.29) is 5.56 Å². The van der Waals surface area contributed by atoms with E-state index in [0.29, 0.717) is 0 Å². The van der Waals surface area contributed by atoms with Crippen molar-refractivity contribution in [3.05, 3.63) is 35.4 Å². The van der Waals surface area contributed by atoms with Crippen molar-refractivity contribution in [2.75, 3.05) is 0 Å². The summed E-state index contributed by atoms with van der Waals surface area (Å²) in [5.74, 6) is -3.37. The molecule has 0 heterocycles. The van der Waals surface area contributed by atoms with Gasteiger partial charge in [0.1, 0.15) is 0 Å². The first-order valence-corrected chi connectivity index (χ1v) is 4.22. The molecule has 0 saturated heterocycles. The molecule has 0 saturated carbocycles. The maximum atomic E-state index is 12.8. The molecular formula is C10H10F2O3. The van der Waals surface area contributed by atoms with Gasteiger partial charge in [0.2, 0.25) is 0 Å². The van der Waals surface area contributed by atoms with Crippen LogP contribution in [0.5, 0.6) is 0 Å². The number of carbonyl (C=O) groups is 1. The van der Waals surface area contributed by atoms with E-state index in [2.05, 4.69) is 0 Å². The lowest BCUT2D eigenvalue weighted by Crippen LogP contribution is -2.25. The molecule has 1 atom stereocenters. The van der Waals surface area contributed by atoms with Gasteiger partial charge in [-0.1, -0.05) is 6.07 Å². The Kier molecular flexibility index (Phi) is 3.04. The van der Waals surface area contributed by atoms with Gasteiger partial charge in [-0.25, -0.2) is 8.78 Å². The van der Waals surface area contributed by atoms with Crippen molar-refractivity contribution < 1.29 is 23.8 Å². The van der Waals surface area contributed by atoms with Gasteiger partial charge in [-0.05, 0) is 24.6 Å². The lowest BCUT2D eigenvalue weighted by molar-refractivity contribution is -0.142. The molecule has 0 bridgehead atoms. The average Bonchev–Trinajstić information content (AvgIpc) is 2.07. The molecule has 5 heteroatoms. The summed E-state index contributed by atoms with van der Waals surface area (Å²) in [5.41, 5.74) is -1.68. The van der Waals surface area contributed by atoms with Crippen LogP contribution in [0.1, 0.15) is 18.9 Å². The van der Waals surface area contributed by atoms with Gasteiger partial charge in [0.05, 0.1) is 12.0 Å². The Bertz CT molecular complexity index is 388. The largest absolute Gasteiger partial charge is 0.481 e. The molecule has 0 aliphatic carbocycles. The van der Waals surface area contributed by atoms with Crippen LogP contribution in [0.4, 0.5) is 8.78 Å². The fourth-order valence-electron chi connectivity index (χ4n) is 1.23. The minimum atomic E-state index is -1.71. The first-order valence-electron chi connectivity index (χ1n) is 4.22. The molecular weight excluding hydrogens is 206 g/mol. The highest BCUT2D eigenvalue weighted by atomic mass is 19.2. The summed E-state index contributed by atoms with van der Waals surface area (Å²) in [5, 5.41) is 18.2. The Morgan fingerprint density at radius 1 is 1.40 bits per heavy atom. The number of aliphatic hydroxyl groups is 1. The van der Waals surface area contributed by atoms with E-state index in [1.807, 2.05) is 0 Å². The molecule has 1 rings (SSSR count). The lowest BCUT2D eigenvalue weighted by Gasteiger charge is -2.21. The van der Waals surface area contributed by atoms with E-state index < -0.39 is 29.6 Å². The van der Waals surface area contributed by atoms with Crippen molar-refractivity contribution in [3.63, 3.8) is 0 Å². The van der Waals surface area contributed by atoms with Gasteiger partial charge in [0.15, 0.2) is 11.6 Å². The lowest BCUT2D eigenvalue weighted by atomic mass is 9.92. The maximum absolute atomic E-state index is 12.8. The van der Waals surface area contributed by atoms with Gasteiger partial charge in [-0.15, -0.1) is 0 Å². The van der Waals surface area contributed by atoms with E-state index in [4.69, 9.17) is 5.11 Å². The summed E-state index contributed by atoms with van der Waals surface area (Å²) in [6.45, 7) is 1.23. The van der Waals surface area contributed by atoms with Gasteiger partial charge >= 0.3 is 5.97 Å². The molecule has 1 aromatic carbocycles. The Morgan fingerprint density at radius 2 is 2.00 bits per heavy atom. The van der Waals surface area contributed by atoms with Crippen LogP contribution in [0.2, 0.25) is 0 Å². The van der Waals surface area contributed by atoms with E-state index in [1.54, 1.807) is 0 Å². The minimum Gasteiger partial charge on any atom is -0.481 e. The van der Waals surface area contributed by atoms with Gasteiger partial charge in [0, 0.05) is 0 Å². The van der Waals surface area contributed by atoms with Crippen LogP contribution in [0.15, 0.2) is 18.2 Å². The smallest absolute Gasteiger partial charge is 0.306 e. The number of benzene rings is 1. The van der Waals surface area contributed by atoms with E-state index in [1.165, 1.54) is 6.92 Å². The average molecular weight is 216 g/mol. The highest BCUT2D eigenvalue weighted by Crippen LogP contribution is 2.25. The molecule has 0 aliphatic rings. The molecule has 2 N–H and O–H groups in total. The van der Waals surface area contributed by atoms with Crippen molar-refractivity contribution in [3.8, 4) is 0 Å². The molecule has 1 aromatic rings. The number of hydrogen-bond donors (Lipinski definition) is 2. The minimum absolute atomic E-state index is 0.0313. The fraction of sp³-hybridized carbons (Fsp3) is 0.300. The Morgan fingerprint density at radius 3 is 2.47 bits per heavy atom. The van der Waals surface area contributed by atoms with Crippen molar-refractivity contribution in [2.24, 2.45) is 0 Å². The van der Waals surface area contributed by atoms with Crippen molar-refractivity contribution >= 4 is 5.97 Å². The number of carboxylic acids is 1. The van der Waals surface area contributed by atoms with Crippen LogP contribution in [-0.2, 0) is 10.4 Å². The number of aliphatic carboxylic acids is 1. The predicted molar refractivity (Wildman–Crippen MR) is 48.2 cm³/mol. The van der Waals surface area contributed by atoms with Crippen LogP contribution in [0.3, 0.4) is 0 Å². The molecule has 0 fully saturated rings. The van der Waals surface area contributed by atoms with E-state index >= 15 is 0 Å². The second kappa shape index (κ2) is 3.94. The van der Waals surface area contributed by atoms with E-state index in [9.17, 15) is 18.7 Å². The quantitative estimate of drug-likeness (QED) is 0.807. The summed E-state index contributed by atoms with van der Waals surface area (Å²) in [7, 11) is 0. The number of rotatable bonds is 3. The topological polar surface area (TPSA) is 57.5 Å². The molecule has 0 spiro atoms. The third kappa shape index (κ3) is 2.73. The Balaban J connectivity index is 3.04. The molecule has 15 heavy (non-hydrogen) atoms. The van der Waals surface area contributed by atoms with Crippen LogP contribution >= 0.6 is 0 Å².